The fourth-order valence-electron chi connectivity index (χ4n) is 2.11. The molecule has 3 aromatic rings. The van der Waals surface area contributed by atoms with E-state index in [1.807, 2.05) is 30.3 Å². The van der Waals surface area contributed by atoms with Gasteiger partial charge in [0.25, 0.3) is 5.69 Å². The highest BCUT2D eigenvalue weighted by Gasteiger charge is 2.15. The standard InChI is InChI=1S/C15H10BrN3O2/c16-11-6-7-12(14(9-11)19(20)21)18-13-5-1-3-10-4-2-8-17-15(10)13/h1-9,18H. The van der Waals surface area contributed by atoms with Gasteiger partial charge in [-0.05, 0) is 24.3 Å². The fourth-order valence-corrected chi connectivity index (χ4v) is 2.46. The normalized spacial score (nSPS) is 10.5. The van der Waals surface area contributed by atoms with E-state index in [9.17, 15) is 10.1 Å². The number of nitro benzene ring substituents is 1. The molecule has 0 saturated heterocycles. The Morgan fingerprint density at radius 2 is 1.90 bits per heavy atom. The number of pyridine rings is 1. The number of rotatable bonds is 3. The van der Waals surface area contributed by atoms with Gasteiger partial charge in [-0.25, -0.2) is 0 Å². The molecule has 1 aromatic heterocycles. The zero-order chi connectivity index (χ0) is 14.8. The van der Waals surface area contributed by atoms with Gasteiger partial charge in [-0.1, -0.05) is 34.1 Å². The Morgan fingerprint density at radius 1 is 1.10 bits per heavy atom. The summed E-state index contributed by atoms with van der Waals surface area (Å²) in [4.78, 5) is 15.1. The Hall–Kier alpha value is -2.47. The first-order valence-electron chi connectivity index (χ1n) is 6.20. The summed E-state index contributed by atoms with van der Waals surface area (Å²) >= 11 is 3.25. The van der Waals surface area contributed by atoms with Crippen molar-refractivity contribution in [1.82, 2.24) is 4.98 Å². The van der Waals surface area contributed by atoms with E-state index in [1.54, 1.807) is 18.3 Å². The zero-order valence-corrected chi connectivity index (χ0v) is 12.4. The van der Waals surface area contributed by atoms with Gasteiger partial charge >= 0.3 is 0 Å². The molecule has 0 bridgehead atoms. The zero-order valence-electron chi connectivity index (χ0n) is 10.8. The van der Waals surface area contributed by atoms with Crippen LogP contribution < -0.4 is 5.32 Å². The van der Waals surface area contributed by atoms with Crippen LogP contribution in [0.15, 0.2) is 59.2 Å². The number of nitrogens with zero attached hydrogens (tertiary/aromatic N) is 2. The Bertz CT molecular complexity index is 831. The molecule has 1 N–H and O–H groups in total. The molecule has 0 radical (unpaired) electrons. The van der Waals surface area contributed by atoms with Crippen molar-refractivity contribution in [3.63, 3.8) is 0 Å². The Kier molecular flexibility index (Phi) is 3.53. The quantitative estimate of drug-likeness (QED) is 0.555. The molecule has 104 valence electrons. The molecule has 0 unspecified atom stereocenters. The lowest BCUT2D eigenvalue weighted by Gasteiger charge is -2.09. The third-order valence-electron chi connectivity index (χ3n) is 3.06. The Balaban J connectivity index is 2.09. The second kappa shape index (κ2) is 5.49. The van der Waals surface area contributed by atoms with Crippen LogP contribution in [0.25, 0.3) is 10.9 Å². The molecule has 0 aliphatic rings. The van der Waals surface area contributed by atoms with Crippen molar-refractivity contribution < 1.29 is 4.92 Å². The molecule has 1 heterocycles. The Morgan fingerprint density at radius 3 is 2.71 bits per heavy atom. The molecule has 0 aliphatic heterocycles. The lowest BCUT2D eigenvalue weighted by atomic mass is 10.2. The van der Waals surface area contributed by atoms with Crippen molar-refractivity contribution in [3.8, 4) is 0 Å². The van der Waals surface area contributed by atoms with Crippen LogP contribution >= 0.6 is 15.9 Å². The number of nitro groups is 1. The molecule has 3 rings (SSSR count). The van der Waals surface area contributed by atoms with Crippen LogP contribution in [0.2, 0.25) is 0 Å². The summed E-state index contributed by atoms with van der Waals surface area (Å²) in [6, 6.07) is 14.4. The minimum atomic E-state index is -0.411. The molecule has 2 aromatic carbocycles. The van der Waals surface area contributed by atoms with Crippen molar-refractivity contribution in [2.24, 2.45) is 0 Å². The van der Waals surface area contributed by atoms with E-state index in [-0.39, 0.29) is 5.69 Å². The van der Waals surface area contributed by atoms with Crippen LogP contribution in [-0.4, -0.2) is 9.91 Å². The largest absolute Gasteiger partial charge is 0.348 e. The lowest BCUT2D eigenvalue weighted by molar-refractivity contribution is -0.384. The maximum atomic E-state index is 11.2. The topological polar surface area (TPSA) is 68.1 Å². The van der Waals surface area contributed by atoms with E-state index in [4.69, 9.17) is 0 Å². The van der Waals surface area contributed by atoms with E-state index in [1.165, 1.54) is 6.07 Å². The van der Waals surface area contributed by atoms with Crippen molar-refractivity contribution in [1.29, 1.82) is 0 Å². The first kappa shape index (κ1) is 13.5. The Labute approximate surface area is 128 Å². The molecule has 21 heavy (non-hydrogen) atoms. The van der Waals surface area contributed by atoms with Crippen molar-refractivity contribution >= 4 is 43.9 Å². The second-order valence-electron chi connectivity index (χ2n) is 4.42. The van der Waals surface area contributed by atoms with Crippen LogP contribution in [0, 0.1) is 10.1 Å². The lowest BCUT2D eigenvalue weighted by Crippen LogP contribution is -1.98. The molecule has 0 aliphatic carbocycles. The number of benzene rings is 2. The van der Waals surface area contributed by atoms with Gasteiger partial charge in [-0.15, -0.1) is 0 Å². The maximum Gasteiger partial charge on any atom is 0.293 e. The second-order valence-corrected chi connectivity index (χ2v) is 5.34. The molecule has 5 nitrogen and oxygen atoms in total. The molecule has 6 heteroatoms. The molecule has 0 saturated carbocycles. The van der Waals surface area contributed by atoms with Gasteiger partial charge in [0.1, 0.15) is 5.69 Å². The minimum absolute atomic E-state index is 0.0114. The summed E-state index contributed by atoms with van der Waals surface area (Å²) in [5.74, 6) is 0. The smallest absolute Gasteiger partial charge is 0.293 e. The third kappa shape index (κ3) is 2.71. The van der Waals surface area contributed by atoms with Gasteiger partial charge in [0.05, 0.1) is 16.1 Å². The first-order chi connectivity index (χ1) is 10.1. The highest BCUT2D eigenvalue weighted by molar-refractivity contribution is 9.10. The highest BCUT2D eigenvalue weighted by Crippen LogP contribution is 2.32. The maximum absolute atomic E-state index is 11.2. The van der Waals surface area contributed by atoms with Crippen LogP contribution in [0.4, 0.5) is 17.1 Å². The number of anilines is 2. The molecular weight excluding hydrogens is 334 g/mol. The highest BCUT2D eigenvalue weighted by atomic mass is 79.9. The number of halogens is 1. The monoisotopic (exact) mass is 343 g/mol. The molecule has 0 atom stereocenters. The minimum Gasteiger partial charge on any atom is -0.348 e. The van der Waals surface area contributed by atoms with Crippen LogP contribution in [-0.2, 0) is 0 Å². The summed E-state index contributed by atoms with van der Waals surface area (Å²) in [5.41, 5.74) is 1.95. The number of aromatic nitrogens is 1. The summed E-state index contributed by atoms with van der Waals surface area (Å²) in [6.07, 6.45) is 1.70. The van der Waals surface area contributed by atoms with E-state index in [0.717, 1.165) is 16.6 Å². The number of hydrogen-bond acceptors (Lipinski definition) is 4. The number of hydrogen-bond donors (Lipinski definition) is 1. The molecule has 0 fully saturated rings. The first-order valence-corrected chi connectivity index (χ1v) is 6.99. The van der Waals surface area contributed by atoms with Crippen molar-refractivity contribution in [2.75, 3.05) is 5.32 Å². The van der Waals surface area contributed by atoms with Gasteiger partial charge in [0.15, 0.2) is 0 Å². The number of nitrogens with one attached hydrogen (secondary N) is 1. The van der Waals surface area contributed by atoms with Gasteiger partial charge in [0.2, 0.25) is 0 Å². The van der Waals surface area contributed by atoms with Crippen LogP contribution in [0.3, 0.4) is 0 Å². The van der Waals surface area contributed by atoms with Crippen molar-refractivity contribution in [2.45, 2.75) is 0 Å². The number of fused-ring (bicyclic) bond motifs is 1. The summed E-state index contributed by atoms with van der Waals surface area (Å²) in [6.45, 7) is 0. The number of para-hydroxylation sites is 1. The van der Waals surface area contributed by atoms with Gasteiger partial charge in [0, 0.05) is 22.1 Å². The van der Waals surface area contributed by atoms with E-state index >= 15 is 0 Å². The predicted octanol–water partition coefficient (Wildman–Crippen LogP) is 4.65. The summed E-state index contributed by atoms with van der Waals surface area (Å²) in [5, 5.41) is 15.2. The van der Waals surface area contributed by atoms with E-state index < -0.39 is 4.92 Å². The van der Waals surface area contributed by atoms with Crippen LogP contribution in [0.1, 0.15) is 0 Å². The van der Waals surface area contributed by atoms with E-state index in [2.05, 4.69) is 26.2 Å². The summed E-state index contributed by atoms with van der Waals surface area (Å²) < 4.78 is 0.663. The van der Waals surface area contributed by atoms with Crippen LogP contribution in [0.5, 0.6) is 0 Å². The van der Waals surface area contributed by atoms with Gasteiger partial charge < -0.3 is 5.32 Å². The predicted molar refractivity (Wildman–Crippen MR) is 85.8 cm³/mol. The average Bonchev–Trinajstić information content (AvgIpc) is 2.49. The van der Waals surface area contributed by atoms with E-state index in [0.29, 0.717) is 10.2 Å². The fraction of sp³-hybridized carbons (Fsp3) is 0. The third-order valence-corrected chi connectivity index (χ3v) is 3.55. The van der Waals surface area contributed by atoms with Crippen molar-refractivity contribution in [3.05, 3.63) is 69.3 Å². The summed E-state index contributed by atoms with van der Waals surface area (Å²) in [7, 11) is 0. The molecular formula is C15H10BrN3O2. The molecule has 0 spiro atoms. The van der Waals surface area contributed by atoms with Gasteiger partial charge in [-0.3, -0.25) is 15.1 Å². The average molecular weight is 344 g/mol. The SMILES string of the molecule is O=[N+]([O-])c1cc(Br)ccc1Nc1cccc2cccnc12. The molecule has 0 amide bonds. The van der Waals surface area contributed by atoms with Gasteiger partial charge in [-0.2, -0.15) is 0 Å².